The number of amides is 1. The zero-order valence-electron chi connectivity index (χ0n) is 15.9. The van der Waals surface area contributed by atoms with Crippen LogP contribution in [0.1, 0.15) is 61.9 Å². The summed E-state index contributed by atoms with van der Waals surface area (Å²) in [5.41, 5.74) is 1.78. The largest absolute Gasteiger partial charge is 0.355 e. The van der Waals surface area contributed by atoms with Crippen molar-refractivity contribution < 1.29 is 4.79 Å². The Morgan fingerprint density at radius 1 is 1.16 bits per heavy atom. The van der Waals surface area contributed by atoms with Crippen LogP contribution >= 0.6 is 24.0 Å². The number of carbonyl (C=O) groups excluding carboxylic acids is 1. The molecule has 0 saturated heterocycles. The van der Waals surface area contributed by atoms with E-state index in [4.69, 9.17) is 0 Å². The van der Waals surface area contributed by atoms with Gasteiger partial charge in [0.1, 0.15) is 0 Å². The average Bonchev–Trinajstić information content (AvgIpc) is 2.62. The monoisotopic (exact) mass is 460 g/mol. The minimum absolute atomic E-state index is 0. The van der Waals surface area contributed by atoms with Gasteiger partial charge in [-0.25, -0.2) is 0 Å². The summed E-state index contributed by atoms with van der Waals surface area (Å²) in [6, 6.07) is 7.99. The zero-order chi connectivity index (χ0) is 17.8. The zero-order valence-corrected chi connectivity index (χ0v) is 18.2. The van der Waals surface area contributed by atoms with Crippen LogP contribution < -0.4 is 16.0 Å². The first-order valence-electron chi connectivity index (χ1n) is 8.88. The van der Waals surface area contributed by atoms with Crippen molar-refractivity contribution in [1.29, 1.82) is 0 Å². The number of guanidine groups is 1. The molecule has 0 aromatic heterocycles. The first-order valence-corrected chi connectivity index (χ1v) is 8.88. The van der Waals surface area contributed by atoms with Gasteiger partial charge >= 0.3 is 0 Å². The number of carbonyl (C=O) groups is 1. The van der Waals surface area contributed by atoms with Crippen molar-refractivity contribution in [2.24, 2.45) is 4.99 Å². The summed E-state index contributed by atoms with van der Waals surface area (Å²) in [4.78, 5) is 15.8. The standard InChI is InChI=1S/C19H32N4O.HI/c1-5-6-7-8-9-15(2)23-19(21-4)22-14-16-10-12-17(13-11-16)18(24)20-3;/h10-13,15H,5-9,14H2,1-4H3,(H,20,24)(H2,21,22,23);1H. The van der Waals surface area contributed by atoms with E-state index >= 15 is 0 Å². The molecule has 142 valence electrons. The molecule has 0 fully saturated rings. The number of rotatable bonds is 9. The maximum Gasteiger partial charge on any atom is 0.251 e. The summed E-state index contributed by atoms with van der Waals surface area (Å²) in [5.74, 6) is 0.747. The Balaban J connectivity index is 0.00000576. The molecule has 1 unspecified atom stereocenters. The molecule has 3 N–H and O–H groups in total. The van der Waals surface area contributed by atoms with E-state index in [1.807, 2.05) is 24.3 Å². The molecule has 0 aliphatic carbocycles. The predicted octanol–water partition coefficient (Wildman–Crippen LogP) is 3.69. The van der Waals surface area contributed by atoms with E-state index < -0.39 is 0 Å². The summed E-state index contributed by atoms with van der Waals surface area (Å²) in [5, 5.41) is 9.37. The highest BCUT2D eigenvalue weighted by Gasteiger charge is 2.06. The van der Waals surface area contributed by atoms with Crippen LogP contribution in [0.15, 0.2) is 29.3 Å². The lowest BCUT2D eigenvalue weighted by molar-refractivity contribution is 0.0963. The fourth-order valence-electron chi connectivity index (χ4n) is 2.48. The summed E-state index contributed by atoms with van der Waals surface area (Å²) in [6.45, 7) is 5.10. The van der Waals surface area contributed by atoms with Crippen molar-refractivity contribution in [1.82, 2.24) is 16.0 Å². The van der Waals surface area contributed by atoms with Crippen LogP contribution in [0.3, 0.4) is 0 Å². The fourth-order valence-corrected chi connectivity index (χ4v) is 2.48. The minimum atomic E-state index is -0.0658. The van der Waals surface area contributed by atoms with Gasteiger partial charge in [0.25, 0.3) is 5.91 Å². The number of hydrogen-bond donors (Lipinski definition) is 3. The first-order chi connectivity index (χ1) is 11.6. The Bertz CT molecular complexity index is 517. The van der Waals surface area contributed by atoms with Crippen molar-refractivity contribution >= 4 is 35.8 Å². The van der Waals surface area contributed by atoms with Crippen LogP contribution in [0.25, 0.3) is 0 Å². The normalized spacial score (nSPS) is 12.1. The molecule has 0 spiro atoms. The SMILES string of the molecule is CCCCCCC(C)NC(=NC)NCc1ccc(C(=O)NC)cc1.I. The van der Waals surface area contributed by atoms with Crippen LogP contribution in [0.5, 0.6) is 0 Å². The molecule has 1 amide bonds. The van der Waals surface area contributed by atoms with E-state index in [1.165, 1.54) is 25.7 Å². The average molecular weight is 460 g/mol. The number of nitrogens with one attached hydrogen (secondary N) is 3. The van der Waals surface area contributed by atoms with Gasteiger partial charge in [-0.15, -0.1) is 24.0 Å². The molecule has 0 bridgehead atoms. The summed E-state index contributed by atoms with van der Waals surface area (Å²) >= 11 is 0. The second kappa shape index (κ2) is 13.9. The lowest BCUT2D eigenvalue weighted by atomic mass is 10.1. The summed E-state index contributed by atoms with van der Waals surface area (Å²) < 4.78 is 0. The second-order valence-electron chi connectivity index (χ2n) is 6.10. The van der Waals surface area contributed by atoms with E-state index in [2.05, 4.69) is 34.8 Å². The van der Waals surface area contributed by atoms with Gasteiger partial charge in [-0.3, -0.25) is 9.79 Å². The molecule has 5 nitrogen and oxygen atoms in total. The highest BCUT2D eigenvalue weighted by atomic mass is 127. The van der Waals surface area contributed by atoms with Gasteiger partial charge in [-0.1, -0.05) is 44.7 Å². The Kier molecular flexibility index (Phi) is 13.2. The van der Waals surface area contributed by atoms with Crippen LogP contribution in [-0.2, 0) is 6.54 Å². The summed E-state index contributed by atoms with van der Waals surface area (Å²) in [6.07, 6.45) is 6.28. The quantitative estimate of drug-likeness (QED) is 0.228. The molecular weight excluding hydrogens is 427 g/mol. The van der Waals surface area contributed by atoms with E-state index in [1.54, 1.807) is 14.1 Å². The molecular formula is C19H33IN4O. The van der Waals surface area contributed by atoms with Gasteiger partial charge in [0.05, 0.1) is 0 Å². The van der Waals surface area contributed by atoms with Gasteiger partial charge in [0.15, 0.2) is 5.96 Å². The van der Waals surface area contributed by atoms with Crippen molar-refractivity contribution in [2.45, 2.75) is 58.5 Å². The third kappa shape index (κ3) is 9.67. The molecule has 0 heterocycles. The number of aliphatic imine (C=N–C) groups is 1. The van der Waals surface area contributed by atoms with E-state index in [0.29, 0.717) is 18.2 Å². The maximum atomic E-state index is 11.5. The molecule has 1 aromatic rings. The Labute approximate surface area is 169 Å². The highest BCUT2D eigenvalue weighted by molar-refractivity contribution is 14.0. The molecule has 0 aliphatic heterocycles. The van der Waals surface area contributed by atoms with Crippen molar-refractivity contribution in [3.63, 3.8) is 0 Å². The Morgan fingerprint density at radius 2 is 1.84 bits per heavy atom. The third-order valence-corrected chi connectivity index (χ3v) is 4.00. The maximum absolute atomic E-state index is 11.5. The minimum Gasteiger partial charge on any atom is -0.355 e. The van der Waals surface area contributed by atoms with Gasteiger partial charge in [0, 0.05) is 32.2 Å². The lowest BCUT2D eigenvalue weighted by Crippen LogP contribution is -2.41. The molecule has 0 radical (unpaired) electrons. The Hall–Kier alpha value is -1.31. The van der Waals surface area contributed by atoms with Crippen molar-refractivity contribution in [3.05, 3.63) is 35.4 Å². The fraction of sp³-hybridized carbons (Fsp3) is 0.579. The number of hydrogen-bond acceptors (Lipinski definition) is 2. The molecule has 0 saturated carbocycles. The molecule has 1 aromatic carbocycles. The van der Waals surface area contributed by atoms with Crippen molar-refractivity contribution in [2.75, 3.05) is 14.1 Å². The number of halogens is 1. The second-order valence-corrected chi connectivity index (χ2v) is 6.10. The van der Waals surface area contributed by atoms with Crippen molar-refractivity contribution in [3.8, 4) is 0 Å². The van der Waals surface area contributed by atoms with Crippen LogP contribution in [0.4, 0.5) is 0 Å². The van der Waals surface area contributed by atoms with Gasteiger partial charge < -0.3 is 16.0 Å². The number of benzene rings is 1. The highest BCUT2D eigenvalue weighted by Crippen LogP contribution is 2.06. The van der Waals surface area contributed by atoms with Gasteiger partial charge in [-0.05, 0) is 31.0 Å². The summed E-state index contributed by atoms with van der Waals surface area (Å²) in [7, 11) is 3.42. The van der Waals surface area contributed by atoms with Crippen LogP contribution in [0.2, 0.25) is 0 Å². The molecule has 1 rings (SSSR count). The lowest BCUT2D eigenvalue weighted by Gasteiger charge is -2.18. The van der Waals surface area contributed by atoms with E-state index in [9.17, 15) is 4.79 Å². The Morgan fingerprint density at radius 3 is 2.40 bits per heavy atom. The number of unbranched alkanes of at least 4 members (excludes halogenated alkanes) is 3. The third-order valence-electron chi connectivity index (χ3n) is 4.00. The van der Waals surface area contributed by atoms with E-state index in [0.717, 1.165) is 17.9 Å². The topological polar surface area (TPSA) is 65.5 Å². The predicted molar refractivity (Wildman–Crippen MR) is 117 cm³/mol. The molecule has 6 heteroatoms. The van der Waals surface area contributed by atoms with Crippen LogP contribution in [0, 0.1) is 0 Å². The molecule has 25 heavy (non-hydrogen) atoms. The van der Waals surface area contributed by atoms with E-state index in [-0.39, 0.29) is 29.9 Å². The van der Waals surface area contributed by atoms with Crippen LogP contribution in [-0.4, -0.2) is 32.0 Å². The van der Waals surface area contributed by atoms with Gasteiger partial charge in [-0.2, -0.15) is 0 Å². The first kappa shape index (κ1) is 23.7. The molecule has 1 atom stereocenters. The smallest absolute Gasteiger partial charge is 0.251 e. The van der Waals surface area contributed by atoms with Gasteiger partial charge in [0.2, 0.25) is 0 Å². The number of nitrogens with zero attached hydrogens (tertiary/aromatic N) is 1. The molecule has 0 aliphatic rings.